The van der Waals surface area contributed by atoms with E-state index >= 15 is 0 Å². The van der Waals surface area contributed by atoms with Gasteiger partial charge in [0.15, 0.2) is 0 Å². The van der Waals surface area contributed by atoms with Crippen molar-refractivity contribution in [3.05, 3.63) is 0 Å². The zero-order chi connectivity index (χ0) is 9.84. The number of halogens is 1. The molecule has 1 amide bonds. The lowest BCUT2D eigenvalue weighted by molar-refractivity contribution is -0.132. The third-order valence-electron chi connectivity index (χ3n) is 2.13. The molecule has 1 saturated heterocycles. The van der Waals surface area contributed by atoms with Gasteiger partial charge in [-0.3, -0.25) is 9.59 Å². The van der Waals surface area contributed by atoms with E-state index in [1.165, 1.54) is 4.90 Å². The van der Waals surface area contributed by atoms with Crippen molar-refractivity contribution in [1.29, 1.82) is 0 Å². The number of ether oxygens (including phenoxy) is 1. The van der Waals surface area contributed by atoms with Crippen LogP contribution < -0.4 is 0 Å². The van der Waals surface area contributed by atoms with Crippen molar-refractivity contribution in [3.8, 4) is 0 Å². The molecule has 0 aromatic carbocycles. The molecule has 0 aromatic heterocycles. The first-order valence-corrected chi connectivity index (χ1v) is 4.52. The average molecular weight is 206 g/mol. The monoisotopic (exact) mass is 205 g/mol. The van der Waals surface area contributed by atoms with Crippen molar-refractivity contribution < 1.29 is 14.3 Å². The molecular weight excluding hydrogens is 194 g/mol. The fourth-order valence-corrected chi connectivity index (χ4v) is 1.67. The van der Waals surface area contributed by atoms with Crippen LogP contribution in [-0.4, -0.2) is 42.4 Å². The first-order valence-electron chi connectivity index (χ1n) is 4.14. The molecule has 0 spiro atoms. The third kappa shape index (κ3) is 2.42. The molecule has 0 aliphatic carbocycles. The minimum absolute atomic E-state index is 0.0175. The summed E-state index contributed by atoms with van der Waals surface area (Å²) in [7, 11) is 1.55. The van der Waals surface area contributed by atoms with Gasteiger partial charge in [-0.25, -0.2) is 0 Å². The number of carbonyl (C=O) groups excluding carboxylic acids is 2. The number of likely N-dealkylation sites (tertiary alicyclic amines) is 1. The second-order valence-corrected chi connectivity index (χ2v) is 3.31. The lowest BCUT2D eigenvalue weighted by Crippen LogP contribution is -2.38. The SMILES string of the molecule is COCCN1C(=O)CCC1C(=O)Cl. The van der Waals surface area contributed by atoms with Gasteiger partial charge in [0, 0.05) is 20.1 Å². The van der Waals surface area contributed by atoms with E-state index in [0.29, 0.717) is 26.0 Å². The van der Waals surface area contributed by atoms with Crippen molar-refractivity contribution in [2.75, 3.05) is 20.3 Å². The first-order chi connectivity index (χ1) is 6.16. The highest BCUT2D eigenvalue weighted by Gasteiger charge is 2.34. The second kappa shape index (κ2) is 4.58. The van der Waals surface area contributed by atoms with Crippen LogP contribution in [0.5, 0.6) is 0 Å². The van der Waals surface area contributed by atoms with E-state index in [1.54, 1.807) is 7.11 Å². The minimum atomic E-state index is -0.457. The highest BCUT2D eigenvalue weighted by Crippen LogP contribution is 2.20. The van der Waals surface area contributed by atoms with Crippen molar-refractivity contribution in [1.82, 2.24) is 4.90 Å². The second-order valence-electron chi connectivity index (χ2n) is 2.94. The predicted molar refractivity (Wildman–Crippen MR) is 47.5 cm³/mol. The van der Waals surface area contributed by atoms with Gasteiger partial charge in [-0.2, -0.15) is 0 Å². The van der Waals surface area contributed by atoms with E-state index in [1.807, 2.05) is 0 Å². The van der Waals surface area contributed by atoms with E-state index < -0.39 is 11.3 Å². The Balaban J connectivity index is 2.55. The molecule has 0 saturated carbocycles. The molecule has 0 N–H and O–H groups in total. The van der Waals surface area contributed by atoms with E-state index in [-0.39, 0.29) is 5.91 Å². The predicted octanol–water partition coefficient (Wildman–Crippen LogP) is 0.389. The molecule has 1 aliphatic heterocycles. The smallest absolute Gasteiger partial charge is 0.244 e. The van der Waals surface area contributed by atoms with Crippen molar-refractivity contribution in [2.45, 2.75) is 18.9 Å². The maximum Gasteiger partial charge on any atom is 0.244 e. The number of nitrogens with zero attached hydrogens (tertiary/aromatic N) is 1. The van der Waals surface area contributed by atoms with Gasteiger partial charge in [-0.1, -0.05) is 0 Å². The van der Waals surface area contributed by atoms with Gasteiger partial charge >= 0.3 is 0 Å². The number of methoxy groups -OCH3 is 1. The van der Waals surface area contributed by atoms with Crippen LogP contribution in [0.25, 0.3) is 0 Å². The standard InChI is InChI=1S/C8H12ClNO3/c1-13-5-4-10-6(8(9)12)2-3-7(10)11/h6H,2-5H2,1H3. The van der Waals surface area contributed by atoms with Crippen LogP contribution in [0.15, 0.2) is 0 Å². The lowest BCUT2D eigenvalue weighted by Gasteiger charge is -2.20. The summed E-state index contributed by atoms with van der Waals surface area (Å²) < 4.78 is 4.83. The summed E-state index contributed by atoms with van der Waals surface area (Å²) in [6.45, 7) is 0.880. The summed E-state index contributed by atoms with van der Waals surface area (Å²) in [6.07, 6.45) is 0.942. The summed E-state index contributed by atoms with van der Waals surface area (Å²) in [5.41, 5.74) is 0. The Morgan fingerprint density at radius 1 is 1.77 bits per heavy atom. The van der Waals surface area contributed by atoms with Gasteiger partial charge in [0.2, 0.25) is 11.1 Å². The van der Waals surface area contributed by atoms with Crippen LogP contribution in [0.3, 0.4) is 0 Å². The number of carbonyl (C=O) groups is 2. The molecular formula is C8H12ClNO3. The molecule has 1 rings (SSSR count). The van der Waals surface area contributed by atoms with Crippen LogP contribution >= 0.6 is 11.6 Å². The maximum atomic E-state index is 11.3. The first kappa shape index (κ1) is 10.5. The molecule has 0 radical (unpaired) electrons. The van der Waals surface area contributed by atoms with E-state index in [9.17, 15) is 9.59 Å². The summed E-state index contributed by atoms with van der Waals surface area (Å²) in [5.74, 6) is -0.0175. The van der Waals surface area contributed by atoms with Gasteiger partial charge in [-0.15, -0.1) is 0 Å². The van der Waals surface area contributed by atoms with E-state index in [2.05, 4.69) is 0 Å². The minimum Gasteiger partial charge on any atom is -0.383 e. The maximum absolute atomic E-state index is 11.3. The number of amides is 1. The van der Waals surface area contributed by atoms with Gasteiger partial charge in [0.25, 0.3) is 0 Å². The summed E-state index contributed by atoms with van der Waals surface area (Å²) in [6, 6.07) is -0.440. The fraction of sp³-hybridized carbons (Fsp3) is 0.750. The van der Waals surface area contributed by atoms with Gasteiger partial charge < -0.3 is 9.64 Å². The highest BCUT2D eigenvalue weighted by molar-refractivity contribution is 6.64. The Morgan fingerprint density at radius 2 is 2.46 bits per heavy atom. The molecule has 1 atom stereocenters. The Hall–Kier alpha value is -0.610. The van der Waals surface area contributed by atoms with Gasteiger partial charge in [0.1, 0.15) is 6.04 Å². The largest absolute Gasteiger partial charge is 0.383 e. The van der Waals surface area contributed by atoms with Crippen LogP contribution in [0.4, 0.5) is 0 Å². The quantitative estimate of drug-likeness (QED) is 0.624. The molecule has 1 fully saturated rings. The summed E-state index contributed by atoms with van der Waals surface area (Å²) in [5, 5.41) is -0.457. The van der Waals surface area contributed by atoms with Crippen LogP contribution in [0.1, 0.15) is 12.8 Å². The van der Waals surface area contributed by atoms with Crippen molar-refractivity contribution >= 4 is 22.8 Å². The van der Waals surface area contributed by atoms with E-state index in [4.69, 9.17) is 16.3 Å². The Morgan fingerprint density at radius 3 is 3.00 bits per heavy atom. The topological polar surface area (TPSA) is 46.6 Å². The zero-order valence-corrected chi connectivity index (χ0v) is 8.21. The molecule has 74 valence electrons. The Kier molecular flexibility index (Phi) is 3.69. The normalized spacial score (nSPS) is 22.5. The zero-order valence-electron chi connectivity index (χ0n) is 7.46. The molecule has 5 heteroatoms. The number of rotatable bonds is 4. The molecule has 13 heavy (non-hydrogen) atoms. The molecule has 1 heterocycles. The molecule has 4 nitrogen and oxygen atoms in total. The molecule has 1 unspecified atom stereocenters. The van der Waals surface area contributed by atoms with Crippen LogP contribution in [-0.2, 0) is 14.3 Å². The Bertz CT molecular complexity index is 219. The van der Waals surface area contributed by atoms with Crippen LogP contribution in [0, 0.1) is 0 Å². The summed E-state index contributed by atoms with van der Waals surface area (Å²) >= 11 is 5.35. The molecule has 0 aromatic rings. The van der Waals surface area contributed by atoms with Gasteiger partial charge in [-0.05, 0) is 18.0 Å². The van der Waals surface area contributed by atoms with Crippen molar-refractivity contribution in [2.24, 2.45) is 0 Å². The van der Waals surface area contributed by atoms with E-state index in [0.717, 1.165) is 0 Å². The number of hydrogen-bond donors (Lipinski definition) is 0. The highest BCUT2D eigenvalue weighted by atomic mass is 35.5. The summed E-state index contributed by atoms with van der Waals surface area (Å²) in [4.78, 5) is 23.6. The fourth-order valence-electron chi connectivity index (χ4n) is 1.44. The molecule has 1 aliphatic rings. The average Bonchev–Trinajstić information content (AvgIpc) is 2.43. The molecule has 0 bridgehead atoms. The Labute approximate surface area is 81.8 Å². The van der Waals surface area contributed by atoms with Crippen LogP contribution in [0.2, 0.25) is 0 Å². The van der Waals surface area contributed by atoms with Gasteiger partial charge in [0.05, 0.1) is 6.61 Å². The lowest BCUT2D eigenvalue weighted by atomic mass is 10.2. The third-order valence-corrected chi connectivity index (χ3v) is 2.38. The number of hydrogen-bond acceptors (Lipinski definition) is 3. The van der Waals surface area contributed by atoms with Crippen molar-refractivity contribution in [3.63, 3.8) is 0 Å².